The van der Waals surface area contributed by atoms with Crippen LogP contribution in [0.2, 0.25) is 5.02 Å². The van der Waals surface area contributed by atoms with Crippen molar-refractivity contribution < 1.29 is 4.74 Å². The van der Waals surface area contributed by atoms with Crippen molar-refractivity contribution in [1.82, 2.24) is 0 Å². The molecule has 2 nitrogen and oxygen atoms in total. The Morgan fingerprint density at radius 1 is 1.40 bits per heavy atom. The van der Waals surface area contributed by atoms with Gasteiger partial charge in [-0.05, 0) is 31.5 Å². The molecule has 0 aliphatic carbocycles. The van der Waals surface area contributed by atoms with Crippen LogP contribution in [0.5, 0.6) is 0 Å². The highest BCUT2D eigenvalue weighted by Crippen LogP contribution is 2.20. The molecule has 0 spiro atoms. The number of rotatable bonds is 3. The first-order valence-electron chi connectivity index (χ1n) is 4.68. The minimum atomic E-state index is 0.550. The Balaban J connectivity index is 3.09. The molecule has 0 saturated heterocycles. The molecule has 0 N–H and O–H groups in total. The molecule has 1 rings (SSSR count). The highest BCUT2D eigenvalue weighted by Gasteiger charge is 2.05. The van der Waals surface area contributed by atoms with Crippen molar-refractivity contribution in [1.29, 1.82) is 5.26 Å². The molecule has 78 valence electrons. The van der Waals surface area contributed by atoms with E-state index in [1.54, 1.807) is 19.1 Å². The molecule has 0 atom stereocenters. The molecule has 1 aromatic rings. The van der Waals surface area contributed by atoms with E-state index in [2.05, 4.69) is 6.07 Å². The summed E-state index contributed by atoms with van der Waals surface area (Å²) >= 11 is 5.77. The van der Waals surface area contributed by atoms with E-state index in [-0.39, 0.29) is 0 Å². The molecule has 0 aliphatic rings. The molecule has 0 fully saturated rings. The van der Waals surface area contributed by atoms with E-state index in [1.807, 2.05) is 19.1 Å². The van der Waals surface area contributed by atoms with E-state index < -0.39 is 0 Å². The average molecular weight is 222 g/mol. The Morgan fingerprint density at radius 2 is 2.00 bits per heavy atom. The summed E-state index contributed by atoms with van der Waals surface area (Å²) in [6, 6.07) is 9.27. The smallest absolute Gasteiger partial charge is 0.111 e. The number of benzene rings is 1. The lowest BCUT2D eigenvalue weighted by molar-refractivity contribution is 0.234. The lowest BCUT2D eigenvalue weighted by atomic mass is 10.1. The molecule has 0 aliphatic heterocycles. The van der Waals surface area contributed by atoms with Crippen LogP contribution in [0.25, 0.3) is 5.57 Å². The fourth-order valence-electron chi connectivity index (χ4n) is 1.25. The van der Waals surface area contributed by atoms with E-state index in [0.29, 0.717) is 23.0 Å². The van der Waals surface area contributed by atoms with E-state index in [0.717, 1.165) is 5.56 Å². The van der Waals surface area contributed by atoms with Gasteiger partial charge in [0.25, 0.3) is 0 Å². The Hall–Kier alpha value is -1.46. The van der Waals surface area contributed by atoms with Gasteiger partial charge in [-0.2, -0.15) is 5.26 Å². The Kier molecular flexibility index (Phi) is 4.20. The Morgan fingerprint density at radius 3 is 2.47 bits per heavy atom. The van der Waals surface area contributed by atoms with Gasteiger partial charge >= 0.3 is 0 Å². The first kappa shape index (κ1) is 11.6. The molecule has 1 aromatic carbocycles. The predicted molar refractivity (Wildman–Crippen MR) is 61.3 cm³/mol. The van der Waals surface area contributed by atoms with Gasteiger partial charge in [0.15, 0.2) is 0 Å². The van der Waals surface area contributed by atoms with Crippen molar-refractivity contribution in [2.45, 2.75) is 13.8 Å². The second-order valence-electron chi connectivity index (χ2n) is 2.98. The monoisotopic (exact) mass is 221 g/mol. The molecule has 15 heavy (non-hydrogen) atoms. The van der Waals surface area contributed by atoms with E-state index in [9.17, 15) is 0 Å². The number of hydrogen-bond donors (Lipinski definition) is 0. The molecule has 0 heterocycles. The van der Waals surface area contributed by atoms with Crippen LogP contribution in [-0.2, 0) is 4.74 Å². The fourth-order valence-corrected chi connectivity index (χ4v) is 1.38. The quantitative estimate of drug-likeness (QED) is 0.577. The maximum absolute atomic E-state index is 9.02. The van der Waals surface area contributed by atoms with E-state index in [1.165, 1.54) is 0 Å². The first-order chi connectivity index (χ1) is 7.19. The molecular weight excluding hydrogens is 210 g/mol. The number of nitrogens with zero attached hydrogens (tertiary/aromatic N) is 1. The van der Waals surface area contributed by atoms with Crippen LogP contribution in [0.1, 0.15) is 19.4 Å². The third-order valence-corrected chi connectivity index (χ3v) is 2.21. The van der Waals surface area contributed by atoms with Crippen LogP contribution in [-0.4, -0.2) is 6.61 Å². The second-order valence-corrected chi connectivity index (χ2v) is 3.42. The van der Waals surface area contributed by atoms with Crippen molar-refractivity contribution in [2.75, 3.05) is 6.61 Å². The van der Waals surface area contributed by atoms with Gasteiger partial charge in [0.2, 0.25) is 0 Å². The minimum absolute atomic E-state index is 0.550. The first-order valence-corrected chi connectivity index (χ1v) is 5.06. The standard InChI is InChI=1S/C12H12ClNO/c1-3-15-9(2)12(8-14)10-4-6-11(13)7-5-10/h4-7H,3H2,1-2H3/b12-9-. The molecule has 0 unspecified atom stereocenters. The van der Waals surface area contributed by atoms with Gasteiger partial charge < -0.3 is 4.74 Å². The van der Waals surface area contributed by atoms with E-state index in [4.69, 9.17) is 21.6 Å². The summed E-state index contributed by atoms with van der Waals surface area (Å²) in [5.41, 5.74) is 1.38. The van der Waals surface area contributed by atoms with Crippen molar-refractivity contribution in [3.63, 3.8) is 0 Å². The number of halogens is 1. The largest absolute Gasteiger partial charge is 0.497 e. The summed E-state index contributed by atoms with van der Waals surface area (Å²) in [5, 5.41) is 9.68. The zero-order chi connectivity index (χ0) is 11.3. The number of nitriles is 1. The van der Waals surface area contributed by atoms with Crippen LogP contribution in [0.15, 0.2) is 30.0 Å². The normalized spacial score (nSPS) is 11.6. The Bertz CT molecular complexity index is 401. The zero-order valence-electron chi connectivity index (χ0n) is 8.75. The van der Waals surface area contributed by atoms with Crippen molar-refractivity contribution in [3.05, 3.63) is 40.6 Å². The fraction of sp³-hybridized carbons (Fsp3) is 0.250. The second kappa shape index (κ2) is 5.43. The highest BCUT2D eigenvalue weighted by molar-refractivity contribution is 6.30. The number of hydrogen-bond acceptors (Lipinski definition) is 2. The number of allylic oxidation sites excluding steroid dienone is 2. The molecule has 0 saturated carbocycles. The van der Waals surface area contributed by atoms with Crippen LogP contribution in [0.3, 0.4) is 0 Å². The summed E-state index contributed by atoms with van der Waals surface area (Å²) in [7, 11) is 0. The summed E-state index contributed by atoms with van der Waals surface area (Å²) < 4.78 is 5.30. The van der Waals surface area contributed by atoms with Gasteiger partial charge in [-0.1, -0.05) is 23.7 Å². The van der Waals surface area contributed by atoms with Crippen molar-refractivity contribution >= 4 is 17.2 Å². The van der Waals surface area contributed by atoms with Crippen molar-refractivity contribution in [2.24, 2.45) is 0 Å². The molecule has 0 amide bonds. The van der Waals surface area contributed by atoms with Gasteiger partial charge in [-0.25, -0.2) is 0 Å². The third kappa shape index (κ3) is 3.00. The molecular formula is C12H12ClNO. The summed E-state index contributed by atoms with van der Waals surface area (Å²) in [6.45, 7) is 4.24. The lowest BCUT2D eigenvalue weighted by Crippen LogP contribution is -1.92. The van der Waals surface area contributed by atoms with Crippen LogP contribution >= 0.6 is 11.6 Å². The van der Waals surface area contributed by atoms with Gasteiger partial charge in [0.05, 0.1) is 12.2 Å². The van der Waals surface area contributed by atoms with Gasteiger partial charge in [-0.3, -0.25) is 0 Å². The minimum Gasteiger partial charge on any atom is -0.497 e. The SMILES string of the molecule is CCO/C(C)=C(/C#N)c1ccc(Cl)cc1. The molecule has 0 bridgehead atoms. The zero-order valence-corrected chi connectivity index (χ0v) is 9.51. The molecule has 3 heteroatoms. The summed E-state index contributed by atoms with van der Waals surface area (Å²) in [4.78, 5) is 0. The van der Waals surface area contributed by atoms with Crippen LogP contribution < -0.4 is 0 Å². The molecule has 0 aromatic heterocycles. The summed E-state index contributed by atoms with van der Waals surface area (Å²) in [5.74, 6) is 0.641. The van der Waals surface area contributed by atoms with Crippen molar-refractivity contribution in [3.8, 4) is 6.07 Å². The highest BCUT2D eigenvalue weighted by atomic mass is 35.5. The topological polar surface area (TPSA) is 33.0 Å². The van der Waals surface area contributed by atoms with Gasteiger partial charge in [0.1, 0.15) is 11.8 Å². The molecule has 0 radical (unpaired) electrons. The van der Waals surface area contributed by atoms with Gasteiger partial charge in [-0.15, -0.1) is 0 Å². The summed E-state index contributed by atoms with van der Waals surface area (Å²) in [6.07, 6.45) is 0. The predicted octanol–water partition coefficient (Wildman–Crippen LogP) is 3.63. The maximum atomic E-state index is 9.02. The van der Waals surface area contributed by atoms with Crippen LogP contribution in [0, 0.1) is 11.3 Å². The van der Waals surface area contributed by atoms with Gasteiger partial charge in [0, 0.05) is 5.02 Å². The third-order valence-electron chi connectivity index (χ3n) is 1.96. The average Bonchev–Trinajstić information content (AvgIpc) is 2.22. The number of ether oxygens (including phenoxy) is 1. The van der Waals surface area contributed by atoms with E-state index >= 15 is 0 Å². The van der Waals surface area contributed by atoms with Crippen LogP contribution in [0.4, 0.5) is 0 Å². The lowest BCUT2D eigenvalue weighted by Gasteiger charge is -2.06. The maximum Gasteiger partial charge on any atom is 0.111 e. The Labute approximate surface area is 94.7 Å².